The zero-order valence-corrected chi connectivity index (χ0v) is 15.6. The smallest absolute Gasteiger partial charge is 0.256 e. The summed E-state index contributed by atoms with van der Waals surface area (Å²) in [6.45, 7) is 4.14. The van der Waals surface area contributed by atoms with Gasteiger partial charge in [-0.3, -0.25) is 14.6 Å². The van der Waals surface area contributed by atoms with Crippen molar-refractivity contribution in [3.05, 3.63) is 65.6 Å². The maximum Gasteiger partial charge on any atom is 0.256 e. The zero-order valence-electron chi connectivity index (χ0n) is 15.6. The number of rotatable bonds is 2. The van der Waals surface area contributed by atoms with E-state index in [1.807, 2.05) is 43.1 Å². The average Bonchev–Trinajstić information content (AvgIpc) is 2.98. The summed E-state index contributed by atoms with van der Waals surface area (Å²) >= 11 is 0. The summed E-state index contributed by atoms with van der Waals surface area (Å²) in [7, 11) is 1.99. The first-order valence-electron chi connectivity index (χ1n) is 9.10. The second kappa shape index (κ2) is 6.87. The average molecular weight is 362 g/mol. The van der Waals surface area contributed by atoms with Crippen LogP contribution in [0.4, 0.5) is 0 Å². The van der Waals surface area contributed by atoms with Gasteiger partial charge in [-0.2, -0.15) is 0 Å². The number of benzene rings is 1. The van der Waals surface area contributed by atoms with Crippen molar-refractivity contribution in [3.8, 4) is 0 Å². The van der Waals surface area contributed by atoms with Crippen molar-refractivity contribution in [2.75, 3.05) is 26.2 Å². The first-order chi connectivity index (χ1) is 13.1. The predicted molar refractivity (Wildman–Crippen MR) is 104 cm³/mol. The third kappa shape index (κ3) is 2.97. The van der Waals surface area contributed by atoms with Crippen LogP contribution in [0.1, 0.15) is 26.4 Å². The standard InChI is InChI=1S/C21H22N4O2/c1-15-19(17-5-3-4-6-18(17)23(15)2)21(27)25-13-11-24(12-14-25)20(26)16-7-9-22-10-8-16/h3-10H,11-14H2,1-2H3. The lowest BCUT2D eigenvalue weighted by molar-refractivity contribution is 0.0536. The topological polar surface area (TPSA) is 58.4 Å². The summed E-state index contributed by atoms with van der Waals surface area (Å²) in [5, 5.41) is 0.984. The number of pyridine rings is 1. The molecule has 0 bridgehead atoms. The second-order valence-electron chi connectivity index (χ2n) is 6.86. The molecule has 0 unspecified atom stereocenters. The summed E-state index contributed by atoms with van der Waals surface area (Å²) < 4.78 is 2.06. The van der Waals surface area contributed by atoms with Gasteiger partial charge in [0.1, 0.15) is 0 Å². The van der Waals surface area contributed by atoms with Crippen molar-refractivity contribution in [1.29, 1.82) is 0 Å². The van der Waals surface area contributed by atoms with Crippen LogP contribution in [-0.4, -0.2) is 57.3 Å². The SMILES string of the molecule is Cc1c(C(=O)N2CCN(C(=O)c3ccncc3)CC2)c2ccccc2n1C. The number of piperazine rings is 1. The molecule has 27 heavy (non-hydrogen) atoms. The van der Waals surface area contributed by atoms with E-state index in [0.29, 0.717) is 31.7 Å². The number of aryl methyl sites for hydroxylation is 1. The molecule has 0 N–H and O–H groups in total. The molecule has 1 saturated heterocycles. The quantitative estimate of drug-likeness (QED) is 0.704. The van der Waals surface area contributed by atoms with E-state index in [2.05, 4.69) is 9.55 Å². The molecule has 0 radical (unpaired) electrons. The molecule has 1 aromatic carbocycles. The molecule has 2 aromatic heterocycles. The zero-order chi connectivity index (χ0) is 19.0. The normalized spacial score (nSPS) is 14.6. The number of carbonyl (C=O) groups excluding carboxylic acids is 2. The summed E-state index contributed by atoms with van der Waals surface area (Å²) in [5.41, 5.74) is 3.43. The molecule has 1 aliphatic rings. The Morgan fingerprint density at radius 3 is 2.15 bits per heavy atom. The van der Waals surface area contributed by atoms with E-state index in [4.69, 9.17) is 0 Å². The van der Waals surface area contributed by atoms with Crippen LogP contribution in [0.25, 0.3) is 10.9 Å². The number of nitrogens with zero attached hydrogens (tertiary/aromatic N) is 4. The molecule has 0 saturated carbocycles. The molecule has 2 amide bonds. The van der Waals surface area contributed by atoms with Crippen LogP contribution in [0.3, 0.4) is 0 Å². The van der Waals surface area contributed by atoms with E-state index in [1.165, 1.54) is 0 Å². The van der Waals surface area contributed by atoms with Crippen molar-refractivity contribution in [3.63, 3.8) is 0 Å². The number of aromatic nitrogens is 2. The molecule has 0 aliphatic carbocycles. The Balaban J connectivity index is 1.51. The van der Waals surface area contributed by atoms with E-state index in [1.54, 1.807) is 29.4 Å². The Labute approximate surface area is 158 Å². The van der Waals surface area contributed by atoms with Crippen LogP contribution >= 0.6 is 0 Å². The Morgan fingerprint density at radius 2 is 1.48 bits per heavy atom. The number of para-hydroxylation sites is 1. The summed E-state index contributed by atoms with van der Waals surface area (Å²) in [6.07, 6.45) is 3.24. The maximum atomic E-state index is 13.2. The minimum absolute atomic E-state index is 0.00848. The highest BCUT2D eigenvalue weighted by Crippen LogP contribution is 2.26. The van der Waals surface area contributed by atoms with Crippen LogP contribution in [0.5, 0.6) is 0 Å². The van der Waals surface area contributed by atoms with Gasteiger partial charge < -0.3 is 14.4 Å². The highest BCUT2D eigenvalue weighted by atomic mass is 16.2. The monoisotopic (exact) mass is 362 g/mol. The van der Waals surface area contributed by atoms with Gasteiger partial charge in [0.25, 0.3) is 11.8 Å². The van der Waals surface area contributed by atoms with Gasteiger partial charge in [-0.1, -0.05) is 18.2 Å². The lowest BCUT2D eigenvalue weighted by atomic mass is 10.1. The number of hydrogen-bond acceptors (Lipinski definition) is 3. The lowest BCUT2D eigenvalue weighted by Crippen LogP contribution is -2.50. The molecule has 6 nitrogen and oxygen atoms in total. The Morgan fingerprint density at radius 1 is 0.889 bits per heavy atom. The van der Waals surface area contributed by atoms with Crippen molar-refractivity contribution < 1.29 is 9.59 Å². The largest absolute Gasteiger partial charge is 0.347 e. The van der Waals surface area contributed by atoms with Gasteiger partial charge in [0.05, 0.1) is 5.56 Å². The number of hydrogen-bond donors (Lipinski definition) is 0. The van der Waals surface area contributed by atoms with Crippen LogP contribution in [0.15, 0.2) is 48.8 Å². The molecule has 4 rings (SSSR count). The molecular weight excluding hydrogens is 340 g/mol. The Bertz CT molecular complexity index is 1000. The predicted octanol–water partition coefficient (Wildman–Crippen LogP) is 2.48. The number of amides is 2. The van der Waals surface area contributed by atoms with Gasteiger partial charge in [0.2, 0.25) is 0 Å². The molecule has 3 heterocycles. The van der Waals surface area contributed by atoms with Gasteiger partial charge in [0.15, 0.2) is 0 Å². The van der Waals surface area contributed by atoms with Gasteiger partial charge >= 0.3 is 0 Å². The summed E-state index contributed by atoms with van der Waals surface area (Å²) in [6, 6.07) is 11.4. The Kier molecular flexibility index (Phi) is 4.39. The number of fused-ring (bicyclic) bond motifs is 1. The van der Waals surface area contributed by atoms with E-state index in [9.17, 15) is 9.59 Å². The molecule has 0 spiro atoms. The van der Waals surface area contributed by atoms with Crippen molar-refractivity contribution in [1.82, 2.24) is 19.4 Å². The molecule has 138 valence electrons. The molecule has 3 aromatic rings. The molecule has 1 fully saturated rings. The van der Waals surface area contributed by atoms with Crippen molar-refractivity contribution in [2.24, 2.45) is 7.05 Å². The molecule has 6 heteroatoms. The van der Waals surface area contributed by atoms with Crippen LogP contribution in [0.2, 0.25) is 0 Å². The second-order valence-corrected chi connectivity index (χ2v) is 6.86. The van der Waals surface area contributed by atoms with Gasteiger partial charge in [-0.25, -0.2) is 0 Å². The maximum absolute atomic E-state index is 13.2. The fraction of sp³-hybridized carbons (Fsp3) is 0.286. The third-order valence-electron chi connectivity index (χ3n) is 5.39. The number of carbonyl (C=O) groups is 2. The van der Waals surface area contributed by atoms with E-state index in [-0.39, 0.29) is 11.8 Å². The summed E-state index contributed by atoms with van der Waals surface area (Å²) in [5.74, 6) is 0.0335. The van der Waals surface area contributed by atoms with E-state index < -0.39 is 0 Å². The van der Waals surface area contributed by atoms with Crippen LogP contribution in [-0.2, 0) is 7.05 Å². The van der Waals surface area contributed by atoms with Gasteiger partial charge in [-0.05, 0) is 25.1 Å². The Hall–Kier alpha value is -3.15. The van der Waals surface area contributed by atoms with Crippen LogP contribution < -0.4 is 0 Å². The highest BCUT2D eigenvalue weighted by molar-refractivity contribution is 6.08. The van der Waals surface area contributed by atoms with Gasteiger partial charge in [0, 0.05) is 67.8 Å². The van der Waals surface area contributed by atoms with Gasteiger partial charge in [-0.15, -0.1) is 0 Å². The molecule has 1 aliphatic heterocycles. The minimum Gasteiger partial charge on any atom is -0.347 e. The third-order valence-corrected chi connectivity index (χ3v) is 5.39. The van der Waals surface area contributed by atoms with Crippen LogP contribution in [0, 0.1) is 6.92 Å². The highest BCUT2D eigenvalue weighted by Gasteiger charge is 2.28. The minimum atomic E-state index is -0.00848. The molecule has 0 atom stereocenters. The fourth-order valence-corrected chi connectivity index (χ4v) is 3.74. The summed E-state index contributed by atoms with van der Waals surface area (Å²) in [4.78, 5) is 33.4. The van der Waals surface area contributed by atoms with Crippen molar-refractivity contribution in [2.45, 2.75) is 6.92 Å². The van der Waals surface area contributed by atoms with E-state index in [0.717, 1.165) is 22.2 Å². The fourth-order valence-electron chi connectivity index (χ4n) is 3.74. The van der Waals surface area contributed by atoms with E-state index >= 15 is 0 Å². The van der Waals surface area contributed by atoms with Crippen molar-refractivity contribution >= 4 is 22.7 Å². The molecular formula is C21H22N4O2. The first-order valence-corrected chi connectivity index (χ1v) is 9.10. The first kappa shape index (κ1) is 17.3. The lowest BCUT2D eigenvalue weighted by Gasteiger charge is -2.35.